The number of nitrogens with zero attached hydrogens (tertiary/aromatic N) is 4. The van der Waals surface area contributed by atoms with Gasteiger partial charge in [-0.15, -0.1) is 0 Å². The van der Waals surface area contributed by atoms with Gasteiger partial charge in [0.2, 0.25) is 0 Å². The van der Waals surface area contributed by atoms with Gasteiger partial charge < -0.3 is 5.73 Å². The van der Waals surface area contributed by atoms with Crippen LogP contribution in [0.4, 0.5) is 5.82 Å². The summed E-state index contributed by atoms with van der Waals surface area (Å²) >= 11 is 0. The van der Waals surface area contributed by atoms with Crippen molar-refractivity contribution < 1.29 is 0 Å². The lowest BCUT2D eigenvalue weighted by atomic mass is 10.2. The highest BCUT2D eigenvalue weighted by Crippen LogP contribution is 2.20. The Morgan fingerprint density at radius 1 is 1.22 bits per heavy atom. The van der Waals surface area contributed by atoms with Crippen LogP contribution in [-0.2, 0) is 6.42 Å². The quantitative estimate of drug-likeness (QED) is 0.861. The monoisotopic (exact) mass is 237 g/mol. The minimum Gasteiger partial charge on any atom is -0.382 e. The van der Waals surface area contributed by atoms with E-state index in [0.717, 1.165) is 5.69 Å². The molecule has 0 fully saturated rings. The van der Waals surface area contributed by atoms with Gasteiger partial charge in [-0.25, -0.2) is 4.68 Å². The SMILES string of the molecule is CCc1nn(-c2ccc(C#N)cc2)c(N)c1C#N. The first-order chi connectivity index (χ1) is 8.71. The van der Waals surface area contributed by atoms with E-state index in [2.05, 4.69) is 11.2 Å². The van der Waals surface area contributed by atoms with Crippen LogP contribution in [0.15, 0.2) is 24.3 Å². The van der Waals surface area contributed by atoms with E-state index in [9.17, 15) is 0 Å². The second kappa shape index (κ2) is 4.60. The maximum Gasteiger partial charge on any atom is 0.145 e. The topological polar surface area (TPSA) is 91.4 Å². The minimum atomic E-state index is 0.332. The third kappa shape index (κ3) is 1.79. The van der Waals surface area contributed by atoms with Crippen LogP contribution < -0.4 is 5.73 Å². The van der Waals surface area contributed by atoms with Crippen molar-refractivity contribution in [1.82, 2.24) is 9.78 Å². The number of nitrogen functional groups attached to an aromatic ring is 1. The van der Waals surface area contributed by atoms with Crippen molar-refractivity contribution in [3.8, 4) is 17.8 Å². The zero-order valence-electron chi connectivity index (χ0n) is 9.88. The van der Waals surface area contributed by atoms with Gasteiger partial charge in [0.25, 0.3) is 0 Å². The fourth-order valence-corrected chi connectivity index (χ4v) is 1.72. The van der Waals surface area contributed by atoms with Gasteiger partial charge in [-0.05, 0) is 30.7 Å². The molecular weight excluding hydrogens is 226 g/mol. The standard InChI is InChI=1S/C13H11N5/c1-2-12-11(8-15)13(16)18(17-12)10-5-3-9(7-14)4-6-10/h3-6H,2,16H2,1H3. The van der Waals surface area contributed by atoms with E-state index < -0.39 is 0 Å². The Morgan fingerprint density at radius 3 is 2.33 bits per heavy atom. The van der Waals surface area contributed by atoms with E-state index in [1.807, 2.05) is 13.0 Å². The highest BCUT2D eigenvalue weighted by Gasteiger charge is 2.14. The predicted molar refractivity (Wildman–Crippen MR) is 66.8 cm³/mol. The van der Waals surface area contributed by atoms with Gasteiger partial charge in [-0.1, -0.05) is 6.92 Å². The fraction of sp³-hybridized carbons (Fsp3) is 0.154. The Bertz CT molecular complexity index is 652. The smallest absolute Gasteiger partial charge is 0.145 e. The molecule has 2 N–H and O–H groups in total. The van der Waals surface area contributed by atoms with Crippen molar-refractivity contribution in [2.24, 2.45) is 0 Å². The van der Waals surface area contributed by atoms with Crippen molar-refractivity contribution in [1.29, 1.82) is 10.5 Å². The number of hydrogen-bond donors (Lipinski definition) is 1. The molecule has 5 heteroatoms. The van der Waals surface area contributed by atoms with Crippen LogP contribution in [0.25, 0.3) is 5.69 Å². The molecule has 5 nitrogen and oxygen atoms in total. The Morgan fingerprint density at radius 2 is 1.89 bits per heavy atom. The van der Waals surface area contributed by atoms with Gasteiger partial charge in [-0.3, -0.25) is 0 Å². The first-order valence-corrected chi connectivity index (χ1v) is 5.49. The van der Waals surface area contributed by atoms with Gasteiger partial charge in [0.15, 0.2) is 0 Å². The zero-order valence-corrected chi connectivity index (χ0v) is 9.88. The fourth-order valence-electron chi connectivity index (χ4n) is 1.72. The Kier molecular flexibility index (Phi) is 2.99. The molecular formula is C13H11N5. The Hall–Kier alpha value is -2.79. The lowest BCUT2D eigenvalue weighted by Crippen LogP contribution is -2.02. The van der Waals surface area contributed by atoms with Crippen LogP contribution in [0, 0.1) is 22.7 Å². The average molecular weight is 237 g/mol. The number of benzene rings is 1. The van der Waals surface area contributed by atoms with Gasteiger partial charge in [0.1, 0.15) is 17.5 Å². The van der Waals surface area contributed by atoms with Crippen molar-refractivity contribution in [3.63, 3.8) is 0 Å². The van der Waals surface area contributed by atoms with Crippen molar-refractivity contribution in [2.45, 2.75) is 13.3 Å². The number of anilines is 1. The maximum absolute atomic E-state index is 9.05. The molecule has 0 unspecified atom stereocenters. The Balaban J connectivity index is 2.55. The number of nitrogens with two attached hydrogens (primary N) is 1. The largest absolute Gasteiger partial charge is 0.382 e. The van der Waals surface area contributed by atoms with Crippen LogP contribution >= 0.6 is 0 Å². The molecule has 2 rings (SSSR count). The first kappa shape index (κ1) is 11.7. The van der Waals surface area contributed by atoms with E-state index in [0.29, 0.717) is 29.1 Å². The molecule has 88 valence electrons. The van der Waals surface area contributed by atoms with Crippen molar-refractivity contribution in [3.05, 3.63) is 41.1 Å². The third-order valence-corrected chi connectivity index (χ3v) is 2.68. The molecule has 18 heavy (non-hydrogen) atoms. The van der Waals surface area contributed by atoms with Gasteiger partial charge in [0.05, 0.1) is 23.0 Å². The van der Waals surface area contributed by atoms with E-state index in [4.69, 9.17) is 16.3 Å². The molecule has 0 bridgehead atoms. The van der Waals surface area contributed by atoms with E-state index in [1.54, 1.807) is 24.3 Å². The Labute approximate surface area is 105 Å². The average Bonchev–Trinajstić information content (AvgIpc) is 2.75. The highest BCUT2D eigenvalue weighted by molar-refractivity contribution is 5.56. The van der Waals surface area contributed by atoms with E-state index in [-0.39, 0.29) is 0 Å². The van der Waals surface area contributed by atoms with Crippen LogP contribution in [0.2, 0.25) is 0 Å². The van der Waals surface area contributed by atoms with Gasteiger partial charge >= 0.3 is 0 Å². The molecule has 0 atom stereocenters. The lowest BCUT2D eigenvalue weighted by molar-refractivity contribution is 0.849. The van der Waals surface area contributed by atoms with Crippen molar-refractivity contribution >= 4 is 5.82 Å². The molecule has 0 aliphatic rings. The molecule has 0 spiro atoms. The summed E-state index contributed by atoms with van der Waals surface area (Å²) in [6.45, 7) is 1.92. The van der Waals surface area contributed by atoms with Crippen LogP contribution in [-0.4, -0.2) is 9.78 Å². The second-order valence-corrected chi connectivity index (χ2v) is 3.74. The maximum atomic E-state index is 9.05. The summed E-state index contributed by atoms with van der Waals surface area (Å²) in [4.78, 5) is 0. The highest BCUT2D eigenvalue weighted by atomic mass is 15.3. The molecule has 0 saturated carbocycles. The number of nitriles is 2. The van der Waals surface area contributed by atoms with E-state index >= 15 is 0 Å². The lowest BCUT2D eigenvalue weighted by Gasteiger charge is -2.03. The number of aromatic nitrogens is 2. The summed E-state index contributed by atoms with van der Waals surface area (Å²) in [5.41, 5.74) is 8.31. The zero-order chi connectivity index (χ0) is 13.1. The van der Waals surface area contributed by atoms with E-state index in [1.165, 1.54) is 4.68 Å². The summed E-state index contributed by atoms with van der Waals surface area (Å²) in [6.07, 6.45) is 0.649. The number of rotatable bonds is 2. The molecule has 1 heterocycles. The summed E-state index contributed by atoms with van der Waals surface area (Å²) < 4.78 is 1.53. The first-order valence-electron chi connectivity index (χ1n) is 5.49. The molecule has 1 aromatic heterocycles. The summed E-state index contributed by atoms with van der Waals surface area (Å²) in [5, 5.41) is 22.1. The molecule has 0 aliphatic heterocycles. The number of aryl methyl sites for hydroxylation is 1. The van der Waals surface area contributed by atoms with Gasteiger partial charge in [-0.2, -0.15) is 15.6 Å². The van der Waals surface area contributed by atoms with Crippen LogP contribution in [0.3, 0.4) is 0 Å². The minimum absolute atomic E-state index is 0.332. The summed E-state index contributed by atoms with van der Waals surface area (Å²) in [7, 11) is 0. The second-order valence-electron chi connectivity index (χ2n) is 3.74. The van der Waals surface area contributed by atoms with Gasteiger partial charge in [0, 0.05) is 0 Å². The number of hydrogen-bond acceptors (Lipinski definition) is 4. The van der Waals surface area contributed by atoms with Crippen LogP contribution in [0.5, 0.6) is 0 Å². The molecule has 0 amide bonds. The van der Waals surface area contributed by atoms with Crippen molar-refractivity contribution in [2.75, 3.05) is 5.73 Å². The summed E-state index contributed by atoms with van der Waals surface area (Å²) in [5.74, 6) is 0.332. The normalized spacial score (nSPS) is 9.72. The molecule has 1 aromatic carbocycles. The molecule has 0 saturated heterocycles. The molecule has 0 radical (unpaired) electrons. The summed E-state index contributed by atoms with van der Waals surface area (Å²) in [6, 6.07) is 11.0. The predicted octanol–water partition coefficient (Wildman–Crippen LogP) is 1.76. The third-order valence-electron chi connectivity index (χ3n) is 2.68. The molecule has 0 aliphatic carbocycles. The molecule has 2 aromatic rings. The van der Waals surface area contributed by atoms with Crippen LogP contribution in [0.1, 0.15) is 23.7 Å².